The van der Waals surface area contributed by atoms with Gasteiger partial charge in [0.15, 0.2) is 0 Å². The molecule has 0 aromatic rings. The Labute approximate surface area is 129 Å². The van der Waals surface area contributed by atoms with Gasteiger partial charge in [-0.15, -0.1) is 0 Å². The van der Waals surface area contributed by atoms with Crippen molar-refractivity contribution in [2.45, 2.75) is 70.9 Å². The highest BCUT2D eigenvalue weighted by Crippen LogP contribution is 2.26. The number of nitrogens with one attached hydrogen (secondary N) is 1. The van der Waals surface area contributed by atoms with Gasteiger partial charge in [0.05, 0.1) is 12.5 Å². The molecule has 2 rings (SSSR count). The average Bonchev–Trinajstić information content (AvgIpc) is 2.50. The third-order valence-corrected chi connectivity index (χ3v) is 4.89. The number of likely N-dealkylation sites (tertiary alicyclic amines) is 1. The van der Waals surface area contributed by atoms with Crippen LogP contribution in [0.4, 0.5) is 0 Å². The molecule has 2 aliphatic rings. The fourth-order valence-corrected chi connectivity index (χ4v) is 3.79. The molecule has 1 heterocycles. The highest BCUT2D eigenvalue weighted by Gasteiger charge is 2.30. The summed E-state index contributed by atoms with van der Waals surface area (Å²) in [6, 6.07) is 1.15. The highest BCUT2D eigenvalue weighted by molar-refractivity contribution is 5.72. The Kier molecular flexibility index (Phi) is 6.97. The summed E-state index contributed by atoms with van der Waals surface area (Å²) in [6.07, 6.45) is 8.09. The number of piperidine rings is 1. The lowest BCUT2D eigenvalue weighted by molar-refractivity contribution is -0.149. The van der Waals surface area contributed by atoms with E-state index in [1.165, 1.54) is 45.3 Å². The van der Waals surface area contributed by atoms with Crippen molar-refractivity contribution in [1.82, 2.24) is 10.2 Å². The zero-order valence-corrected chi connectivity index (χ0v) is 13.8. The van der Waals surface area contributed by atoms with Crippen LogP contribution in [0.25, 0.3) is 0 Å². The van der Waals surface area contributed by atoms with Crippen LogP contribution in [0.15, 0.2) is 0 Å². The maximum absolute atomic E-state index is 11.9. The third kappa shape index (κ3) is 5.26. The van der Waals surface area contributed by atoms with Crippen molar-refractivity contribution < 1.29 is 9.53 Å². The zero-order chi connectivity index (χ0) is 15.1. The zero-order valence-electron chi connectivity index (χ0n) is 13.8. The molecule has 2 atom stereocenters. The van der Waals surface area contributed by atoms with Crippen LogP contribution in [-0.4, -0.2) is 49.2 Å². The van der Waals surface area contributed by atoms with Crippen LogP contribution >= 0.6 is 0 Å². The summed E-state index contributed by atoms with van der Waals surface area (Å²) in [5, 5.41) is 3.81. The summed E-state index contributed by atoms with van der Waals surface area (Å²) in [5.74, 6) is 0.137. The second-order valence-electron chi connectivity index (χ2n) is 6.60. The first-order valence-electron chi connectivity index (χ1n) is 8.88. The largest absolute Gasteiger partial charge is 0.466 e. The van der Waals surface area contributed by atoms with Gasteiger partial charge in [-0.2, -0.15) is 0 Å². The molecule has 2 unspecified atom stereocenters. The molecule has 4 heteroatoms. The smallest absolute Gasteiger partial charge is 0.308 e. The lowest BCUT2D eigenvalue weighted by atomic mass is 9.85. The minimum absolute atomic E-state index is 0.0155. The summed E-state index contributed by atoms with van der Waals surface area (Å²) in [5.41, 5.74) is 0. The standard InChI is InChI=1S/C17H32N2O2/c1-3-10-19-11-8-15(9-12-19)18-16-7-5-6-14(13-16)17(20)21-4-2/h14-16,18H,3-13H2,1-2H3. The lowest BCUT2D eigenvalue weighted by Gasteiger charge is -2.36. The normalized spacial score (nSPS) is 28.5. The molecule has 1 saturated heterocycles. The van der Waals surface area contributed by atoms with E-state index in [4.69, 9.17) is 4.74 Å². The van der Waals surface area contributed by atoms with Crippen LogP contribution in [0.2, 0.25) is 0 Å². The summed E-state index contributed by atoms with van der Waals surface area (Å²) in [6.45, 7) is 8.33. The number of carbonyl (C=O) groups is 1. The van der Waals surface area contributed by atoms with E-state index in [0.717, 1.165) is 19.3 Å². The fourth-order valence-electron chi connectivity index (χ4n) is 3.79. The van der Waals surface area contributed by atoms with Crippen LogP contribution in [0.5, 0.6) is 0 Å². The van der Waals surface area contributed by atoms with Gasteiger partial charge >= 0.3 is 5.97 Å². The van der Waals surface area contributed by atoms with E-state index >= 15 is 0 Å². The maximum atomic E-state index is 11.9. The minimum Gasteiger partial charge on any atom is -0.466 e. The van der Waals surface area contributed by atoms with Crippen molar-refractivity contribution in [2.24, 2.45) is 5.92 Å². The molecule has 0 bridgehead atoms. The summed E-state index contributed by atoms with van der Waals surface area (Å²) in [4.78, 5) is 14.5. The number of hydrogen-bond acceptors (Lipinski definition) is 4. The molecule has 1 aliphatic carbocycles. The van der Waals surface area contributed by atoms with Crippen LogP contribution in [0.3, 0.4) is 0 Å². The van der Waals surface area contributed by atoms with Crippen LogP contribution < -0.4 is 5.32 Å². The molecule has 1 N–H and O–H groups in total. The molecule has 2 fully saturated rings. The molecule has 21 heavy (non-hydrogen) atoms. The van der Waals surface area contributed by atoms with E-state index in [2.05, 4.69) is 17.1 Å². The SMILES string of the molecule is CCCN1CCC(NC2CCCC(C(=O)OCC)C2)CC1. The predicted octanol–water partition coefficient (Wildman–Crippen LogP) is 2.57. The summed E-state index contributed by atoms with van der Waals surface area (Å²) in [7, 11) is 0. The van der Waals surface area contributed by atoms with E-state index in [0.29, 0.717) is 18.7 Å². The monoisotopic (exact) mass is 296 g/mol. The molecule has 0 amide bonds. The molecule has 122 valence electrons. The summed E-state index contributed by atoms with van der Waals surface area (Å²) < 4.78 is 5.19. The topological polar surface area (TPSA) is 41.6 Å². The van der Waals surface area contributed by atoms with Crippen molar-refractivity contribution in [1.29, 1.82) is 0 Å². The maximum Gasteiger partial charge on any atom is 0.308 e. The molecule has 0 spiro atoms. The fraction of sp³-hybridized carbons (Fsp3) is 0.941. The van der Waals surface area contributed by atoms with Crippen molar-refractivity contribution in [3.8, 4) is 0 Å². The Hall–Kier alpha value is -0.610. The quantitative estimate of drug-likeness (QED) is 0.765. The number of ether oxygens (including phenoxy) is 1. The predicted molar refractivity (Wildman–Crippen MR) is 85.3 cm³/mol. The first kappa shape index (κ1) is 16.8. The second-order valence-corrected chi connectivity index (χ2v) is 6.60. The number of carbonyl (C=O) groups excluding carboxylic acids is 1. The first-order valence-corrected chi connectivity index (χ1v) is 8.88. The van der Waals surface area contributed by atoms with Crippen molar-refractivity contribution in [2.75, 3.05) is 26.2 Å². The molecule has 1 aliphatic heterocycles. The van der Waals surface area contributed by atoms with Crippen molar-refractivity contribution in [3.63, 3.8) is 0 Å². The van der Waals surface area contributed by atoms with Gasteiger partial charge < -0.3 is 15.0 Å². The van der Waals surface area contributed by atoms with E-state index in [9.17, 15) is 4.79 Å². The van der Waals surface area contributed by atoms with Gasteiger partial charge in [-0.05, 0) is 65.1 Å². The number of rotatable bonds is 6. The van der Waals surface area contributed by atoms with Gasteiger partial charge in [0.25, 0.3) is 0 Å². The Morgan fingerprint density at radius 3 is 2.57 bits per heavy atom. The van der Waals surface area contributed by atoms with Crippen LogP contribution in [0.1, 0.15) is 58.8 Å². The van der Waals surface area contributed by atoms with Crippen LogP contribution in [0, 0.1) is 5.92 Å². The lowest BCUT2D eigenvalue weighted by Crippen LogP contribution is -2.48. The first-order chi connectivity index (χ1) is 10.2. The Morgan fingerprint density at radius 1 is 1.14 bits per heavy atom. The molecular weight excluding hydrogens is 264 g/mol. The van der Waals surface area contributed by atoms with Gasteiger partial charge in [0, 0.05) is 12.1 Å². The number of hydrogen-bond donors (Lipinski definition) is 1. The average molecular weight is 296 g/mol. The van der Waals surface area contributed by atoms with E-state index < -0.39 is 0 Å². The molecule has 1 saturated carbocycles. The minimum atomic E-state index is 0.0155. The van der Waals surface area contributed by atoms with Gasteiger partial charge in [0.2, 0.25) is 0 Å². The molecule has 0 radical (unpaired) electrons. The van der Waals surface area contributed by atoms with Gasteiger partial charge in [-0.25, -0.2) is 0 Å². The van der Waals surface area contributed by atoms with Gasteiger partial charge in [-0.3, -0.25) is 4.79 Å². The van der Waals surface area contributed by atoms with Gasteiger partial charge in [0.1, 0.15) is 0 Å². The highest BCUT2D eigenvalue weighted by atomic mass is 16.5. The molecule has 4 nitrogen and oxygen atoms in total. The van der Waals surface area contributed by atoms with E-state index in [-0.39, 0.29) is 11.9 Å². The Bertz CT molecular complexity index is 314. The second kappa shape index (κ2) is 8.74. The van der Waals surface area contributed by atoms with Gasteiger partial charge in [-0.1, -0.05) is 13.3 Å². The van der Waals surface area contributed by atoms with Crippen molar-refractivity contribution >= 4 is 5.97 Å². The van der Waals surface area contributed by atoms with E-state index in [1.54, 1.807) is 0 Å². The Balaban J connectivity index is 1.72. The molecule has 0 aromatic carbocycles. The van der Waals surface area contributed by atoms with Crippen molar-refractivity contribution in [3.05, 3.63) is 0 Å². The third-order valence-electron chi connectivity index (χ3n) is 4.89. The Morgan fingerprint density at radius 2 is 1.90 bits per heavy atom. The number of esters is 1. The summed E-state index contributed by atoms with van der Waals surface area (Å²) >= 11 is 0. The van der Waals surface area contributed by atoms with E-state index in [1.807, 2.05) is 6.92 Å². The number of nitrogens with zero attached hydrogens (tertiary/aromatic N) is 1. The molecule has 0 aromatic heterocycles. The molecular formula is C17H32N2O2. The van der Waals surface area contributed by atoms with Crippen LogP contribution in [-0.2, 0) is 9.53 Å².